The van der Waals surface area contributed by atoms with Gasteiger partial charge in [0.15, 0.2) is 23.4 Å². The molecule has 0 saturated carbocycles. The minimum Gasteiger partial charge on any atom is -0.504 e. The fourth-order valence-corrected chi connectivity index (χ4v) is 4.46. The summed E-state index contributed by atoms with van der Waals surface area (Å²) in [6.45, 7) is 1.22. The summed E-state index contributed by atoms with van der Waals surface area (Å²) in [4.78, 5) is 38.0. The van der Waals surface area contributed by atoms with Crippen LogP contribution in [0.15, 0.2) is 12.1 Å². The van der Waals surface area contributed by atoms with Crippen LogP contribution in [0.5, 0.6) is 17.2 Å². The summed E-state index contributed by atoms with van der Waals surface area (Å²) in [5, 5.41) is 68.0. The smallest absolute Gasteiger partial charge is 0.339 e. The van der Waals surface area contributed by atoms with Crippen molar-refractivity contribution >= 4 is 17.5 Å². The number of esters is 1. The number of ether oxygens (including phenoxy) is 1. The Kier molecular flexibility index (Phi) is 17.9. The standard InChI is InChI=1S/C30H48O11/c1-2-3-4-5-6-7-8-9-10-11-12-13-14-15-16-21(32)27(38)29(28(39)26(37)24(35)19-31)41-30(40)20-17-22(33)25(36)23(34)18-20/h17-18,24,26,28-29,31,33-37,39H,2-16,19H2,1H3. The molecule has 0 aliphatic carbocycles. The Bertz CT molecular complexity index is 910. The Hall–Kier alpha value is -2.73. The molecule has 0 fully saturated rings. The number of aliphatic hydroxyl groups is 4. The van der Waals surface area contributed by atoms with E-state index in [9.17, 15) is 45.0 Å². The van der Waals surface area contributed by atoms with Gasteiger partial charge in [-0.2, -0.15) is 0 Å². The summed E-state index contributed by atoms with van der Waals surface area (Å²) in [6, 6.07) is 1.45. The van der Waals surface area contributed by atoms with Gasteiger partial charge in [0, 0.05) is 6.42 Å². The first-order valence-electron chi connectivity index (χ1n) is 14.7. The van der Waals surface area contributed by atoms with Gasteiger partial charge in [0.1, 0.15) is 18.3 Å². The lowest BCUT2D eigenvalue weighted by atomic mass is 9.96. The van der Waals surface area contributed by atoms with Crippen molar-refractivity contribution in [3.05, 3.63) is 17.7 Å². The van der Waals surface area contributed by atoms with E-state index in [-0.39, 0.29) is 6.42 Å². The van der Waals surface area contributed by atoms with Crippen LogP contribution < -0.4 is 0 Å². The number of hydrogen-bond donors (Lipinski definition) is 7. The average Bonchev–Trinajstić information content (AvgIpc) is 2.96. The molecule has 0 saturated heterocycles. The summed E-state index contributed by atoms with van der Waals surface area (Å²) < 4.78 is 4.96. The number of aromatic hydroxyl groups is 3. The minimum atomic E-state index is -2.27. The van der Waals surface area contributed by atoms with Crippen molar-refractivity contribution in [3.63, 3.8) is 0 Å². The van der Waals surface area contributed by atoms with E-state index in [1.165, 1.54) is 51.4 Å². The van der Waals surface area contributed by atoms with Gasteiger partial charge >= 0.3 is 5.97 Å². The van der Waals surface area contributed by atoms with Crippen molar-refractivity contribution in [3.8, 4) is 17.2 Å². The summed E-state index contributed by atoms with van der Waals surface area (Å²) in [5.41, 5.74) is -0.528. The summed E-state index contributed by atoms with van der Waals surface area (Å²) in [5.74, 6) is -6.29. The monoisotopic (exact) mass is 584 g/mol. The molecule has 0 amide bonds. The molecule has 0 spiro atoms. The summed E-state index contributed by atoms with van der Waals surface area (Å²) >= 11 is 0. The molecule has 11 heteroatoms. The molecule has 4 atom stereocenters. The number of hydrogen-bond acceptors (Lipinski definition) is 11. The molecule has 1 rings (SSSR count). The Morgan fingerprint density at radius 1 is 0.707 bits per heavy atom. The third-order valence-corrected chi connectivity index (χ3v) is 7.07. The molecule has 0 bridgehead atoms. The number of rotatable bonds is 23. The Balaban J connectivity index is 2.56. The van der Waals surface area contributed by atoms with Gasteiger partial charge in [0.2, 0.25) is 11.6 Å². The number of phenols is 3. The third kappa shape index (κ3) is 13.2. The Morgan fingerprint density at radius 3 is 1.59 bits per heavy atom. The first kappa shape index (κ1) is 36.3. The second-order valence-electron chi connectivity index (χ2n) is 10.6. The second-order valence-corrected chi connectivity index (χ2v) is 10.6. The van der Waals surface area contributed by atoms with Crippen molar-refractivity contribution in [2.45, 2.75) is 128 Å². The van der Waals surface area contributed by atoms with Crippen LogP contribution in [0.3, 0.4) is 0 Å². The van der Waals surface area contributed by atoms with Gasteiger partial charge in [-0.3, -0.25) is 9.59 Å². The van der Waals surface area contributed by atoms with Crippen molar-refractivity contribution in [2.75, 3.05) is 6.61 Å². The van der Waals surface area contributed by atoms with E-state index < -0.39 is 71.4 Å². The summed E-state index contributed by atoms with van der Waals surface area (Å²) in [6.07, 6.45) is 6.75. The summed E-state index contributed by atoms with van der Waals surface area (Å²) in [7, 11) is 0. The molecule has 4 unspecified atom stereocenters. The van der Waals surface area contributed by atoms with Crippen molar-refractivity contribution in [1.29, 1.82) is 0 Å². The fourth-order valence-electron chi connectivity index (χ4n) is 4.46. The van der Waals surface area contributed by atoms with Gasteiger partial charge in [-0.15, -0.1) is 0 Å². The lowest BCUT2D eigenvalue weighted by molar-refractivity contribution is -0.155. The van der Waals surface area contributed by atoms with Crippen molar-refractivity contribution in [2.24, 2.45) is 0 Å². The van der Waals surface area contributed by atoms with Crippen LogP contribution in [0.25, 0.3) is 0 Å². The number of aliphatic hydroxyl groups excluding tert-OH is 4. The lowest BCUT2D eigenvalue weighted by Gasteiger charge is -2.27. The molecule has 7 N–H and O–H groups in total. The number of Topliss-reactive ketones (excluding diaryl/α,β-unsaturated/α-hetero) is 2. The van der Waals surface area contributed by atoms with Crippen LogP contribution in [0, 0.1) is 0 Å². The number of ketones is 2. The molecular formula is C30H48O11. The van der Waals surface area contributed by atoms with E-state index in [4.69, 9.17) is 9.84 Å². The largest absolute Gasteiger partial charge is 0.504 e. The van der Waals surface area contributed by atoms with Crippen molar-refractivity contribution in [1.82, 2.24) is 0 Å². The molecule has 0 aromatic heterocycles. The molecule has 1 aromatic carbocycles. The van der Waals surface area contributed by atoms with Gasteiger partial charge in [-0.05, 0) is 18.6 Å². The topological polar surface area (TPSA) is 202 Å². The van der Waals surface area contributed by atoms with Crippen LogP contribution in [-0.4, -0.2) is 84.3 Å². The van der Waals surface area contributed by atoms with Gasteiger partial charge in [0.05, 0.1) is 12.2 Å². The van der Waals surface area contributed by atoms with E-state index in [1.807, 2.05) is 0 Å². The molecule has 0 radical (unpaired) electrons. The minimum absolute atomic E-state index is 0.183. The van der Waals surface area contributed by atoms with Gasteiger partial charge in [-0.1, -0.05) is 90.4 Å². The number of carbonyl (C=O) groups excluding carboxylic acids is 3. The van der Waals surface area contributed by atoms with Crippen LogP contribution in [0.1, 0.15) is 114 Å². The molecule has 0 heterocycles. The van der Waals surface area contributed by atoms with Gasteiger partial charge < -0.3 is 40.5 Å². The molecule has 41 heavy (non-hydrogen) atoms. The maximum Gasteiger partial charge on any atom is 0.339 e. The van der Waals surface area contributed by atoms with E-state index in [0.717, 1.165) is 37.8 Å². The van der Waals surface area contributed by atoms with Gasteiger partial charge in [-0.25, -0.2) is 4.79 Å². The molecule has 0 aliphatic heterocycles. The van der Waals surface area contributed by atoms with Gasteiger partial charge in [0.25, 0.3) is 0 Å². The number of unbranched alkanes of at least 4 members (excludes halogenated alkanes) is 13. The van der Waals surface area contributed by atoms with Crippen LogP contribution in [0.2, 0.25) is 0 Å². The van der Waals surface area contributed by atoms with Crippen LogP contribution >= 0.6 is 0 Å². The first-order chi connectivity index (χ1) is 19.5. The van der Waals surface area contributed by atoms with E-state index in [1.54, 1.807) is 0 Å². The Labute approximate surface area is 241 Å². The lowest BCUT2D eigenvalue weighted by Crippen LogP contribution is -2.52. The van der Waals surface area contributed by atoms with E-state index in [2.05, 4.69) is 6.92 Å². The normalized spacial score (nSPS) is 14.3. The second kappa shape index (κ2) is 20.2. The first-order valence-corrected chi connectivity index (χ1v) is 14.7. The predicted octanol–water partition coefficient (Wildman–Crippen LogP) is 3.41. The molecule has 234 valence electrons. The number of phenolic OH excluding ortho intramolecular Hbond substituents is 3. The highest BCUT2D eigenvalue weighted by atomic mass is 16.6. The molecule has 11 nitrogen and oxygen atoms in total. The highest BCUT2D eigenvalue weighted by Crippen LogP contribution is 2.35. The maximum atomic E-state index is 12.8. The molecule has 0 aliphatic rings. The van der Waals surface area contributed by atoms with Crippen LogP contribution in [-0.2, 0) is 14.3 Å². The average molecular weight is 585 g/mol. The fraction of sp³-hybridized carbons (Fsp3) is 0.700. The van der Waals surface area contributed by atoms with Crippen molar-refractivity contribution < 1.29 is 54.9 Å². The zero-order chi connectivity index (χ0) is 30.8. The zero-order valence-corrected chi connectivity index (χ0v) is 24.0. The quantitative estimate of drug-likeness (QED) is 0.0430. The highest BCUT2D eigenvalue weighted by Gasteiger charge is 2.41. The molecule has 1 aromatic rings. The maximum absolute atomic E-state index is 12.8. The number of carbonyl (C=O) groups is 3. The zero-order valence-electron chi connectivity index (χ0n) is 24.0. The predicted molar refractivity (Wildman–Crippen MR) is 151 cm³/mol. The van der Waals surface area contributed by atoms with E-state index in [0.29, 0.717) is 12.8 Å². The SMILES string of the molecule is CCCCCCCCCCCCCCCCC(=O)C(=O)C(OC(=O)c1cc(O)c(O)c(O)c1)C(O)C(O)C(O)CO. The Morgan fingerprint density at radius 2 is 1.15 bits per heavy atom. The highest BCUT2D eigenvalue weighted by molar-refractivity contribution is 6.39. The third-order valence-electron chi connectivity index (χ3n) is 7.07. The van der Waals surface area contributed by atoms with E-state index >= 15 is 0 Å². The number of benzene rings is 1. The van der Waals surface area contributed by atoms with Crippen LogP contribution in [0.4, 0.5) is 0 Å². The molecular weight excluding hydrogens is 536 g/mol.